The summed E-state index contributed by atoms with van der Waals surface area (Å²) in [6.07, 6.45) is 6.80. The van der Waals surface area contributed by atoms with E-state index in [4.69, 9.17) is 12.2 Å². The van der Waals surface area contributed by atoms with Crippen LogP contribution in [0.25, 0.3) is 11.1 Å². The molecule has 2 aliphatic rings. The molecular weight excluding hydrogens is 446 g/mol. The standard InChI is InChI=1S/C23H23N3O4S2/c1-4-9-25-20(28)16(19(27)24-23(25)31)11-14-10-12(2)26(13(14)3)21-18(22(29)30)15-7-5-6-8-17(15)32-21/h4,10-11H,1,5-9H2,2-3H3,(H,29,30)(H,24,27,31)/b16-11-. The number of rotatable bonds is 5. The van der Waals surface area contributed by atoms with Crippen LogP contribution in [0.1, 0.15) is 50.6 Å². The first-order valence-electron chi connectivity index (χ1n) is 10.3. The Balaban J connectivity index is 1.82. The van der Waals surface area contributed by atoms with E-state index >= 15 is 0 Å². The maximum atomic E-state index is 12.9. The molecule has 0 aromatic carbocycles. The Labute approximate surface area is 195 Å². The molecule has 0 radical (unpaired) electrons. The molecule has 0 spiro atoms. The second-order valence-electron chi connectivity index (χ2n) is 7.88. The van der Waals surface area contributed by atoms with Gasteiger partial charge in [0, 0.05) is 22.8 Å². The van der Waals surface area contributed by atoms with Crippen LogP contribution >= 0.6 is 23.6 Å². The summed E-state index contributed by atoms with van der Waals surface area (Å²) >= 11 is 6.62. The topological polar surface area (TPSA) is 91.6 Å². The lowest BCUT2D eigenvalue weighted by molar-refractivity contribution is -0.128. The summed E-state index contributed by atoms with van der Waals surface area (Å²) in [6.45, 7) is 7.57. The Morgan fingerprint density at radius 1 is 1.31 bits per heavy atom. The van der Waals surface area contributed by atoms with Gasteiger partial charge in [0.25, 0.3) is 11.8 Å². The highest BCUT2D eigenvalue weighted by Crippen LogP contribution is 2.39. The van der Waals surface area contributed by atoms with Crippen LogP contribution in [-0.2, 0) is 22.4 Å². The molecule has 2 aromatic rings. The molecule has 3 heterocycles. The summed E-state index contributed by atoms with van der Waals surface area (Å²) in [5.74, 6) is -1.97. The van der Waals surface area contributed by atoms with Crippen LogP contribution < -0.4 is 5.32 Å². The summed E-state index contributed by atoms with van der Waals surface area (Å²) in [5, 5.41) is 13.2. The van der Waals surface area contributed by atoms with Gasteiger partial charge in [-0.1, -0.05) is 6.08 Å². The molecular formula is C23H23N3O4S2. The first-order valence-corrected chi connectivity index (χ1v) is 11.5. The van der Waals surface area contributed by atoms with E-state index in [1.54, 1.807) is 6.08 Å². The van der Waals surface area contributed by atoms with E-state index in [0.29, 0.717) is 16.1 Å². The monoisotopic (exact) mass is 469 g/mol. The summed E-state index contributed by atoms with van der Waals surface area (Å²) in [5.41, 5.74) is 3.55. The summed E-state index contributed by atoms with van der Waals surface area (Å²) in [7, 11) is 0. The van der Waals surface area contributed by atoms with Crippen LogP contribution in [0.5, 0.6) is 0 Å². The van der Waals surface area contributed by atoms with Gasteiger partial charge in [-0.15, -0.1) is 17.9 Å². The first kappa shape index (κ1) is 22.2. The van der Waals surface area contributed by atoms with E-state index in [-0.39, 0.29) is 17.2 Å². The Morgan fingerprint density at radius 3 is 2.72 bits per heavy atom. The molecule has 166 valence electrons. The van der Waals surface area contributed by atoms with Gasteiger partial charge in [0.05, 0.1) is 5.56 Å². The molecule has 0 unspecified atom stereocenters. The maximum Gasteiger partial charge on any atom is 0.339 e. The minimum absolute atomic E-state index is 0.0235. The number of hydrogen-bond donors (Lipinski definition) is 2. The number of thiocarbonyl (C=S) groups is 1. The fourth-order valence-electron chi connectivity index (χ4n) is 4.32. The molecule has 1 fully saturated rings. The van der Waals surface area contributed by atoms with Gasteiger partial charge in [-0.3, -0.25) is 19.8 Å². The number of aromatic carboxylic acids is 1. The molecule has 0 atom stereocenters. The molecule has 4 rings (SSSR count). The van der Waals surface area contributed by atoms with Crippen molar-refractivity contribution in [2.75, 3.05) is 6.54 Å². The van der Waals surface area contributed by atoms with E-state index < -0.39 is 17.8 Å². The van der Waals surface area contributed by atoms with Gasteiger partial charge in [0.2, 0.25) is 0 Å². The normalized spacial score (nSPS) is 17.5. The number of nitrogens with zero attached hydrogens (tertiary/aromatic N) is 2. The van der Waals surface area contributed by atoms with Gasteiger partial charge in [0.15, 0.2) is 5.11 Å². The van der Waals surface area contributed by atoms with Gasteiger partial charge in [-0.05, 0) is 75.0 Å². The molecule has 1 aliphatic carbocycles. The second-order valence-corrected chi connectivity index (χ2v) is 9.35. The predicted octanol–water partition coefficient (Wildman–Crippen LogP) is 3.55. The fourth-order valence-corrected chi connectivity index (χ4v) is 6.06. The Bertz CT molecular complexity index is 1220. The lowest BCUT2D eigenvalue weighted by atomic mass is 9.95. The fraction of sp³-hybridized carbons (Fsp3) is 0.304. The van der Waals surface area contributed by atoms with Crippen molar-refractivity contribution in [1.29, 1.82) is 0 Å². The van der Waals surface area contributed by atoms with Crippen molar-refractivity contribution in [2.24, 2.45) is 0 Å². The van der Waals surface area contributed by atoms with Gasteiger partial charge < -0.3 is 9.67 Å². The summed E-state index contributed by atoms with van der Waals surface area (Å²) in [6, 6.07) is 1.86. The van der Waals surface area contributed by atoms with Crippen LogP contribution in [-0.4, -0.2) is 44.0 Å². The number of aryl methyl sites for hydroxylation is 2. The minimum atomic E-state index is -0.929. The van der Waals surface area contributed by atoms with Crippen LogP contribution in [0.15, 0.2) is 24.3 Å². The summed E-state index contributed by atoms with van der Waals surface area (Å²) in [4.78, 5) is 39.9. The van der Waals surface area contributed by atoms with Crippen molar-refractivity contribution in [3.8, 4) is 5.00 Å². The smallest absolute Gasteiger partial charge is 0.339 e. The van der Waals surface area contributed by atoms with Crippen LogP contribution in [0.2, 0.25) is 0 Å². The number of carboxylic acids is 1. The van der Waals surface area contributed by atoms with Crippen molar-refractivity contribution < 1.29 is 19.5 Å². The summed E-state index contributed by atoms with van der Waals surface area (Å²) < 4.78 is 1.91. The highest BCUT2D eigenvalue weighted by atomic mass is 32.1. The highest BCUT2D eigenvalue weighted by molar-refractivity contribution is 7.80. The lowest BCUT2D eigenvalue weighted by Crippen LogP contribution is -2.53. The number of carbonyl (C=O) groups is 3. The average Bonchev–Trinajstić information content (AvgIpc) is 3.24. The van der Waals surface area contributed by atoms with E-state index in [1.807, 2.05) is 24.5 Å². The molecule has 2 amide bonds. The van der Waals surface area contributed by atoms with Crippen molar-refractivity contribution in [2.45, 2.75) is 39.5 Å². The molecule has 7 nitrogen and oxygen atoms in total. The molecule has 0 saturated carbocycles. The number of thiophene rings is 1. The number of fused-ring (bicyclic) bond motifs is 1. The van der Waals surface area contributed by atoms with Crippen molar-refractivity contribution in [3.05, 3.63) is 57.2 Å². The second kappa shape index (κ2) is 8.48. The van der Waals surface area contributed by atoms with E-state index in [9.17, 15) is 19.5 Å². The molecule has 32 heavy (non-hydrogen) atoms. The van der Waals surface area contributed by atoms with Crippen molar-refractivity contribution >= 4 is 52.5 Å². The maximum absolute atomic E-state index is 12.9. The number of carboxylic acid groups (broad SMARTS) is 1. The number of nitrogens with one attached hydrogen (secondary N) is 1. The van der Waals surface area contributed by atoms with E-state index in [0.717, 1.165) is 47.5 Å². The third kappa shape index (κ3) is 3.61. The Kier molecular flexibility index (Phi) is 5.87. The minimum Gasteiger partial charge on any atom is -0.478 e. The number of amides is 2. The lowest BCUT2D eigenvalue weighted by Gasteiger charge is -2.27. The number of aromatic nitrogens is 1. The average molecular weight is 470 g/mol. The predicted molar refractivity (Wildman–Crippen MR) is 127 cm³/mol. The van der Waals surface area contributed by atoms with Gasteiger partial charge in [0.1, 0.15) is 10.6 Å². The van der Waals surface area contributed by atoms with Crippen molar-refractivity contribution in [3.63, 3.8) is 0 Å². The molecule has 0 bridgehead atoms. The SMILES string of the molecule is C=CCN1C(=O)/C(=C\c2cc(C)n(-c3sc4c(c3C(=O)O)CCCC4)c2C)C(=O)NC1=S. The van der Waals surface area contributed by atoms with E-state index in [1.165, 1.54) is 22.3 Å². The van der Waals surface area contributed by atoms with Gasteiger partial charge >= 0.3 is 5.97 Å². The zero-order valence-corrected chi connectivity index (χ0v) is 19.5. The largest absolute Gasteiger partial charge is 0.478 e. The highest BCUT2D eigenvalue weighted by Gasteiger charge is 2.33. The molecule has 9 heteroatoms. The zero-order chi connectivity index (χ0) is 23.2. The van der Waals surface area contributed by atoms with Crippen LogP contribution in [0.4, 0.5) is 0 Å². The van der Waals surface area contributed by atoms with Gasteiger partial charge in [-0.25, -0.2) is 4.79 Å². The third-order valence-corrected chi connectivity index (χ3v) is 7.44. The third-order valence-electron chi connectivity index (χ3n) is 5.84. The molecule has 2 aromatic heterocycles. The van der Waals surface area contributed by atoms with Crippen molar-refractivity contribution in [1.82, 2.24) is 14.8 Å². The molecule has 2 N–H and O–H groups in total. The van der Waals surface area contributed by atoms with E-state index in [2.05, 4.69) is 11.9 Å². The number of carbonyl (C=O) groups excluding carboxylic acids is 2. The zero-order valence-electron chi connectivity index (χ0n) is 17.9. The molecule has 1 aliphatic heterocycles. The Morgan fingerprint density at radius 2 is 2.03 bits per heavy atom. The van der Waals surface area contributed by atoms with Gasteiger partial charge in [-0.2, -0.15) is 0 Å². The first-order chi connectivity index (χ1) is 15.2. The van der Waals surface area contributed by atoms with Crippen LogP contribution in [0, 0.1) is 13.8 Å². The quantitative estimate of drug-likeness (QED) is 0.302. The van der Waals surface area contributed by atoms with Crippen LogP contribution in [0.3, 0.4) is 0 Å². The molecule has 1 saturated heterocycles. The Hall–Kier alpha value is -3.04. The number of hydrogen-bond acceptors (Lipinski definition) is 5.